The van der Waals surface area contributed by atoms with Gasteiger partial charge in [-0.15, -0.1) is 24.0 Å². The summed E-state index contributed by atoms with van der Waals surface area (Å²) in [5, 5.41) is 0. The predicted octanol–water partition coefficient (Wildman–Crippen LogP) is 2.59. The molecule has 1 aromatic heterocycles. The van der Waals surface area contributed by atoms with E-state index in [9.17, 15) is 0 Å². The third kappa shape index (κ3) is 0.914. The molecule has 0 N–H and O–H groups in total. The number of benzene rings is 1. The Morgan fingerprint density at radius 3 is 3.20 bits per heavy atom. The third-order valence-corrected chi connectivity index (χ3v) is 2.38. The summed E-state index contributed by atoms with van der Waals surface area (Å²) in [6.07, 6.45) is 0. The molecule has 0 atom stereocenters. The van der Waals surface area contributed by atoms with Crippen molar-refractivity contribution in [1.82, 2.24) is 4.98 Å². The number of nitrogens with zero attached hydrogens (tertiary/aromatic N) is 1. The largest absolute Gasteiger partial charge is 0.245 e. The fraction of sp³-hybridized carbons (Fsp3) is 0. The van der Waals surface area contributed by atoms with Crippen LogP contribution in [0, 0.1) is 0 Å². The Morgan fingerprint density at radius 1 is 1.40 bits per heavy atom. The highest BCUT2D eigenvalue weighted by atomic mass is 32.1. The Balaban J connectivity index is 2.86. The molecule has 0 aliphatic carbocycles. The fourth-order valence-electron chi connectivity index (χ4n) is 0.844. The van der Waals surface area contributed by atoms with Gasteiger partial charge in [0.15, 0.2) is 0 Å². The number of rotatable bonds is 0. The lowest BCUT2D eigenvalue weighted by atomic mass is 10.3. The molecule has 1 heterocycles. The molecule has 0 spiro atoms. The first-order valence-electron chi connectivity index (χ1n) is 2.88. The maximum atomic E-state index is 4.21. The number of fused-ring (bicyclic) bond motifs is 1. The van der Waals surface area contributed by atoms with E-state index in [0.717, 1.165) is 10.4 Å². The van der Waals surface area contributed by atoms with Crippen molar-refractivity contribution in [3.05, 3.63) is 23.7 Å². The lowest BCUT2D eigenvalue weighted by Crippen LogP contribution is -1.65. The molecule has 0 amide bonds. The van der Waals surface area contributed by atoms with Crippen molar-refractivity contribution in [3.8, 4) is 0 Å². The smallest absolute Gasteiger partial charge is 0.0812 e. The lowest BCUT2D eigenvalue weighted by molar-refractivity contribution is 1.46. The second-order valence-electron chi connectivity index (χ2n) is 2.00. The van der Waals surface area contributed by atoms with Crippen molar-refractivity contribution in [3.63, 3.8) is 0 Å². The van der Waals surface area contributed by atoms with Crippen LogP contribution in [0.5, 0.6) is 0 Å². The molecule has 0 saturated carbocycles. The standard InChI is InChI=1S/C7H5NS2/c9-5-1-2-6-7(3-5)10-4-8-6/h1-4,9H. The summed E-state index contributed by atoms with van der Waals surface area (Å²) in [6, 6.07) is 5.95. The van der Waals surface area contributed by atoms with Crippen molar-refractivity contribution < 1.29 is 0 Å². The van der Waals surface area contributed by atoms with Crippen LogP contribution < -0.4 is 0 Å². The van der Waals surface area contributed by atoms with Crippen molar-refractivity contribution >= 4 is 34.2 Å². The lowest BCUT2D eigenvalue weighted by Gasteiger charge is -1.87. The zero-order valence-corrected chi connectivity index (χ0v) is 6.82. The highest BCUT2D eigenvalue weighted by Crippen LogP contribution is 2.20. The van der Waals surface area contributed by atoms with Gasteiger partial charge in [-0.05, 0) is 18.2 Å². The van der Waals surface area contributed by atoms with Gasteiger partial charge in [0.25, 0.3) is 0 Å². The first-order chi connectivity index (χ1) is 4.86. The van der Waals surface area contributed by atoms with Gasteiger partial charge >= 0.3 is 0 Å². The maximum Gasteiger partial charge on any atom is 0.0812 e. The second kappa shape index (κ2) is 2.25. The molecule has 50 valence electrons. The van der Waals surface area contributed by atoms with Gasteiger partial charge in [-0.25, -0.2) is 4.98 Å². The molecule has 0 aliphatic rings. The van der Waals surface area contributed by atoms with Crippen molar-refractivity contribution in [2.24, 2.45) is 0 Å². The molecule has 1 nitrogen and oxygen atoms in total. The van der Waals surface area contributed by atoms with E-state index in [1.807, 2.05) is 23.7 Å². The molecular formula is C7H5NS2. The Morgan fingerprint density at radius 2 is 2.30 bits per heavy atom. The number of hydrogen-bond acceptors (Lipinski definition) is 3. The molecule has 2 aromatic rings. The molecule has 3 heteroatoms. The van der Waals surface area contributed by atoms with Gasteiger partial charge in [0.2, 0.25) is 0 Å². The first kappa shape index (κ1) is 6.19. The minimum atomic E-state index is 0.997. The van der Waals surface area contributed by atoms with Crippen LogP contribution in [0.15, 0.2) is 28.6 Å². The van der Waals surface area contributed by atoms with Gasteiger partial charge in [0.05, 0.1) is 15.7 Å². The average Bonchev–Trinajstić information content (AvgIpc) is 2.33. The van der Waals surface area contributed by atoms with Crippen LogP contribution in [0.4, 0.5) is 0 Å². The third-order valence-electron chi connectivity index (χ3n) is 1.31. The molecule has 0 saturated heterocycles. The quantitative estimate of drug-likeness (QED) is 0.595. The number of hydrogen-bond donors (Lipinski definition) is 1. The number of aromatic nitrogens is 1. The Bertz CT molecular complexity index is 353. The predicted molar refractivity (Wildman–Crippen MR) is 46.9 cm³/mol. The van der Waals surface area contributed by atoms with Crippen LogP contribution >= 0.6 is 24.0 Å². The van der Waals surface area contributed by atoms with Crippen LogP contribution in [0.1, 0.15) is 0 Å². The summed E-state index contributed by atoms with van der Waals surface area (Å²) in [5.41, 5.74) is 2.90. The molecule has 0 bridgehead atoms. The summed E-state index contributed by atoms with van der Waals surface area (Å²) >= 11 is 5.86. The number of thiol groups is 1. The molecule has 0 unspecified atom stereocenters. The monoisotopic (exact) mass is 167 g/mol. The highest BCUT2D eigenvalue weighted by Gasteiger charge is 1.93. The Kier molecular flexibility index (Phi) is 1.39. The van der Waals surface area contributed by atoms with E-state index in [2.05, 4.69) is 17.6 Å². The van der Waals surface area contributed by atoms with E-state index in [1.165, 1.54) is 4.70 Å². The van der Waals surface area contributed by atoms with E-state index in [-0.39, 0.29) is 0 Å². The van der Waals surface area contributed by atoms with Crippen LogP contribution in [0.25, 0.3) is 10.2 Å². The van der Waals surface area contributed by atoms with Gasteiger partial charge in [0, 0.05) is 4.90 Å². The molecule has 0 fully saturated rings. The van der Waals surface area contributed by atoms with Gasteiger partial charge in [-0.3, -0.25) is 0 Å². The van der Waals surface area contributed by atoms with Gasteiger partial charge < -0.3 is 0 Å². The van der Waals surface area contributed by atoms with Crippen LogP contribution in [-0.2, 0) is 0 Å². The summed E-state index contributed by atoms with van der Waals surface area (Å²) in [5.74, 6) is 0. The molecule has 1 aromatic carbocycles. The molecular weight excluding hydrogens is 162 g/mol. The van der Waals surface area contributed by atoms with E-state index in [0.29, 0.717) is 0 Å². The first-order valence-corrected chi connectivity index (χ1v) is 4.21. The SMILES string of the molecule is Sc1ccc2ncsc2c1. The summed E-state index contributed by atoms with van der Waals surface area (Å²) in [4.78, 5) is 5.14. The van der Waals surface area contributed by atoms with E-state index in [1.54, 1.807) is 11.3 Å². The maximum absolute atomic E-state index is 4.21. The van der Waals surface area contributed by atoms with E-state index in [4.69, 9.17) is 0 Å². The van der Waals surface area contributed by atoms with Crippen LogP contribution in [0.3, 0.4) is 0 Å². The molecule has 2 rings (SSSR count). The summed E-state index contributed by atoms with van der Waals surface area (Å²) in [7, 11) is 0. The second-order valence-corrected chi connectivity index (χ2v) is 3.41. The van der Waals surface area contributed by atoms with Crippen LogP contribution in [-0.4, -0.2) is 4.98 Å². The van der Waals surface area contributed by atoms with E-state index >= 15 is 0 Å². The number of thiazole rings is 1. The van der Waals surface area contributed by atoms with Crippen LogP contribution in [0.2, 0.25) is 0 Å². The fourth-order valence-corrected chi connectivity index (χ4v) is 1.85. The molecule has 0 radical (unpaired) electrons. The van der Waals surface area contributed by atoms with E-state index < -0.39 is 0 Å². The van der Waals surface area contributed by atoms with Crippen molar-refractivity contribution in [2.45, 2.75) is 4.90 Å². The van der Waals surface area contributed by atoms with Gasteiger partial charge in [-0.1, -0.05) is 0 Å². The topological polar surface area (TPSA) is 12.9 Å². The highest BCUT2D eigenvalue weighted by molar-refractivity contribution is 7.80. The minimum absolute atomic E-state index is 0.997. The summed E-state index contributed by atoms with van der Waals surface area (Å²) < 4.78 is 1.20. The minimum Gasteiger partial charge on any atom is -0.245 e. The Hall–Kier alpha value is -0.540. The zero-order chi connectivity index (χ0) is 6.97. The zero-order valence-electron chi connectivity index (χ0n) is 5.11. The average molecular weight is 167 g/mol. The van der Waals surface area contributed by atoms with Crippen molar-refractivity contribution in [2.75, 3.05) is 0 Å². The van der Waals surface area contributed by atoms with Gasteiger partial charge in [-0.2, -0.15) is 0 Å². The molecule has 10 heavy (non-hydrogen) atoms. The van der Waals surface area contributed by atoms with Crippen molar-refractivity contribution in [1.29, 1.82) is 0 Å². The normalized spacial score (nSPS) is 10.5. The summed E-state index contributed by atoms with van der Waals surface area (Å²) in [6.45, 7) is 0. The molecule has 0 aliphatic heterocycles. The van der Waals surface area contributed by atoms with Gasteiger partial charge in [0.1, 0.15) is 0 Å². The Labute approximate surface area is 68.1 Å².